The second-order valence-electron chi connectivity index (χ2n) is 4.61. The molecule has 0 saturated carbocycles. The van der Waals surface area contributed by atoms with Crippen LogP contribution in [0.5, 0.6) is 0 Å². The van der Waals surface area contributed by atoms with Crippen LogP contribution in [0.3, 0.4) is 0 Å². The first kappa shape index (κ1) is 13.6. The van der Waals surface area contributed by atoms with Gasteiger partial charge in [-0.1, -0.05) is 24.3 Å². The van der Waals surface area contributed by atoms with Gasteiger partial charge in [0.15, 0.2) is 5.82 Å². The molecule has 0 aliphatic heterocycles. The van der Waals surface area contributed by atoms with Gasteiger partial charge in [-0.25, -0.2) is 4.98 Å². The fourth-order valence-corrected chi connectivity index (χ4v) is 2.33. The van der Waals surface area contributed by atoms with Gasteiger partial charge in [0.2, 0.25) is 5.28 Å². The molecule has 0 aliphatic rings. The summed E-state index contributed by atoms with van der Waals surface area (Å²) in [6.07, 6.45) is 4.12. The van der Waals surface area contributed by atoms with Crippen molar-refractivity contribution in [2.45, 2.75) is 6.42 Å². The van der Waals surface area contributed by atoms with E-state index < -0.39 is 0 Å². The van der Waals surface area contributed by atoms with Gasteiger partial charge in [0.1, 0.15) is 0 Å². The van der Waals surface area contributed by atoms with E-state index in [0.29, 0.717) is 18.1 Å². The zero-order chi connectivity index (χ0) is 14.7. The highest BCUT2D eigenvalue weighted by molar-refractivity contribution is 6.28. The van der Waals surface area contributed by atoms with E-state index >= 15 is 0 Å². The first-order valence-electron chi connectivity index (χ1n) is 6.58. The van der Waals surface area contributed by atoms with Crippen LogP contribution in [0.25, 0.3) is 10.9 Å². The van der Waals surface area contributed by atoms with Gasteiger partial charge in [0.05, 0.1) is 17.4 Å². The highest BCUT2D eigenvalue weighted by Crippen LogP contribution is 2.18. The predicted molar refractivity (Wildman–Crippen MR) is 85.4 cm³/mol. The summed E-state index contributed by atoms with van der Waals surface area (Å²) >= 11 is 5.76. The Kier molecular flexibility index (Phi) is 3.83. The molecule has 5 nitrogen and oxygen atoms in total. The zero-order valence-corrected chi connectivity index (χ0v) is 12.0. The minimum absolute atomic E-state index is 0.179. The highest BCUT2D eigenvalue weighted by atomic mass is 35.5. The van der Waals surface area contributed by atoms with Crippen molar-refractivity contribution in [1.82, 2.24) is 15.0 Å². The maximum atomic E-state index is 5.80. The van der Waals surface area contributed by atoms with Gasteiger partial charge < -0.3 is 11.1 Å². The van der Waals surface area contributed by atoms with Crippen molar-refractivity contribution < 1.29 is 0 Å². The summed E-state index contributed by atoms with van der Waals surface area (Å²) in [6, 6.07) is 10.2. The molecule has 106 valence electrons. The standard InChI is InChI=1S/C15H14ClN5/c16-15-20-9-12(17)14(21-15)19-8-6-11-4-1-3-10-5-2-7-18-13(10)11/h1-5,7,9H,6,8,17H2,(H,19,20,21). The first-order chi connectivity index (χ1) is 10.2. The lowest BCUT2D eigenvalue weighted by Gasteiger charge is -2.09. The van der Waals surface area contributed by atoms with E-state index in [1.807, 2.05) is 12.1 Å². The molecule has 2 aromatic heterocycles. The van der Waals surface area contributed by atoms with Gasteiger partial charge in [-0.2, -0.15) is 4.98 Å². The lowest BCUT2D eigenvalue weighted by molar-refractivity contribution is 1.01. The molecule has 1 aromatic carbocycles. The number of rotatable bonds is 4. The van der Waals surface area contributed by atoms with E-state index in [9.17, 15) is 0 Å². The van der Waals surface area contributed by atoms with E-state index in [-0.39, 0.29) is 5.28 Å². The van der Waals surface area contributed by atoms with E-state index in [1.54, 1.807) is 6.20 Å². The van der Waals surface area contributed by atoms with Crippen LogP contribution >= 0.6 is 11.6 Å². The summed E-state index contributed by atoms with van der Waals surface area (Å²) in [4.78, 5) is 12.3. The number of aromatic nitrogens is 3. The van der Waals surface area contributed by atoms with E-state index in [4.69, 9.17) is 17.3 Å². The average molecular weight is 300 g/mol. The monoisotopic (exact) mass is 299 g/mol. The topological polar surface area (TPSA) is 76.7 Å². The molecule has 3 aromatic rings. The highest BCUT2D eigenvalue weighted by Gasteiger charge is 2.04. The SMILES string of the molecule is Nc1cnc(Cl)nc1NCCc1cccc2cccnc12. The summed E-state index contributed by atoms with van der Waals surface area (Å²) in [5.41, 5.74) is 8.49. The number of fused-ring (bicyclic) bond motifs is 1. The fourth-order valence-electron chi connectivity index (χ4n) is 2.20. The van der Waals surface area contributed by atoms with E-state index in [1.165, 1.54) is 11.8 Å². The molecule has 0 fully saturated rings. The molecule has 0 bridgehead atoms. The largest absolute Gasteiger partial charge is 0.394 e. The van der Waals surface area contributed by atoms with Crippen LogP contribution in [0.2, 0.25) is 5.28 Å². The number of halogens is 1. The lowest BCUT2D eigenvalue weighted by Crippen LogP contribution is -2.09. The fraction of sp³-hybridized carbons (Fsp3) is 0.133. The van der Waals surface area contributed by atoms with Gasteiger partial charge in [0, 0.05) is 18.1 Å². The normalized spacial score (nSPS) is 10.7. The van der Waals surface area contributed by atoms with Crippen molar-refractivity contribution in [2.24, 2.45) is 0 Å². The van der Waals surface area contributed by atoms with Crippen LogP contribution in [-0.2, 0) is 6.42 Å². The molecule has 0 atom stereocenters. The van der Waals surface area contributed by atoms with Gasteiger partial charge in [0.25, 0.3) is 0 Å². The zero-order valence-electron chi connectivity index (χ0n) is 11.3. The number of pyridine rings is 1. The summed E-state index contributed by atoms with van der Waals surface area (Å²) in [5.74, 6) is 0.559. The Morgan fingerprint density at radius 2 is 2.00 bits per heavy atom. The van der Waals surface area contributed by atoms with Gasteiger partial charge in [-0.05, 0) is 29.7 Å². The molecule has 0 radical (unpaired) electrons. The van der Waals surface area contributed by atoms with Gasteiger partial charge in [-0.3, -0.25) is 4.98 Å². The van der Waals surface area contributed by atoms with Crippen molar-refractivity contribution in [3.8, 4) is 0 Å². The number of nitrogens with zero attached hydrogens (tertiary/aromatic N) is 3. The Bertz CT molecular complexity index is 770. The first-order valence-corrected chi connectivity index (χ1v) is 6.96. The van der Waals surface area contributed by atoms with Crippen LogP contribution in [0, 0.1) is 0 Å². The van der Waals surface area contributed by atoms with Crippen molar-refractivity contribution in [3.63, 3.8) is 0 Å². The molecular weight excluding hydrogens is 286 g/mol. The number of anilines is 2. The summed E-state index contributed by atoms with van der Waals surface area (Å²) in [6.45, 7) is 0.688. The molecular formula is C15H14ClN5. The van der Waals surface area contributed by atoms with Crippen LogP contribution < -0.4 is 11.1 Å². The smallest absolute Gasteiger partial charge is 0.224 e. The third-order valence-corrected chi connectivity index (χ3v) is 3.37. The molecule has 0 unspecified atom stereocenters. The summed E-state index contributed by atoms with van der Waals surface area (Å²) in [7, 11) is 0. The summed E-state index contributed by atoms with van der Waals surface area (Å²) in [5, 5.41) is 4.50. The van der Waals surface area contributed by atoms with Gasteiger partial charge in [-0.15, -0.1) is 0 Å². The van der Waals surface area contributed by atoms with Crippen LogP contribution in [-0.4, -0.2) is 21.5 Å². The van der Waals surface area contributed by atoms with E-state index in [2.05, 4.69) is 38.5 Å². The molecule has 3 N–H and O–H groups in total. The second-order valence-corrected chi connectivity index (χ2v) is 4.95. The molecule has 0 aliphatic carbocycles. The Morgan fingerprint density at radius 1 is 1.14 bits per heavy atom. The minimum atomic E-state index is 0.179. The molecule has 0 spiro atoms. The van der Waals surface area contributed by atoms with Crippen LogP contribution in [0.4, 0.5) is 11.5 Å². The second kappa shape index (κ2) is 5.93. The molecule has 6 heteroatoms. The van der Waals surface area contributed by atoms with Crippen molar-refractivity contribution >= 4 is 34.0 Å². The van der Waals surface area contributed by atoms with Crippen LogP contribution in [0.1, 0.15) is 5.56 Å². The third-order valence-electron chi connectivity index (χ3n) is 3.19. The number of para-hydroxylation sites is 1. The predicted octanol–water partition coefficient (Wildman–Crippen LogP) is 2.92. The number of nitrogens with one attached hydrogen (secondary N) is 1. The quantitative estimate of drug-likeness (QED) is 0.724. The number of nitrogens with two attached hydrogens (primary N) is 1. The number of hydrogen-bond donors (Lipinski definition) is 2. The van der Waals surface area contributed by atoms with Crippen LogP contribution in [0.15, 0.2) is 42.7 Å². The molecule has 0 saturated heterocycles. The Hall–Kier alpha value is -2.40. The average Bonchev–Trinajstić information content (AvgIpc) is 2.51. The number of hydrogen-bond acceptors (Lipinski definition) is 5. The van der Waals surface area contributed by atoms with Gasteiger partial charge >= 0.3 is 0 Å². The number of nitrogen functional groups attached to an aromatic ring is 1. The Morgan fingerprint density at radius 3 is 2.90 bits per heavy atom. The Labute approximate surface area is 127 Å². The molecule has 0 amide bonds. The van der Waals surface area contributed by atoms with E-state index in [0.717, 1.165) is 17.3 Å². The third kappa shape index (κ3) is 3.03. The summed E-state index contributed by atoms with van der Waals surface area (Å²) < 4.78 is 0. The molecule has 2 heterocycles. The molecule has 21 heavy (non-hydrogen) atoms. The maximum Gasteiger partial charge on any atom is 0.224 e. The lowest BCUT2D eigenvalue weighted by atomic mass is 10.1. The Balaban J connectivity index is 1.74. The van der Waals surface area contributed by atoms with Crippen molar-refractivity contribution in [1.29, 1.82) is 0 Å². The molecule has 3 rings (SSSR count). The minimum Gasteiger partial charge on any atom is -0.394 e. The maximum absolute atomic E-state index is 5.80. The van der Waals surface area contributed by atoms with Crippen molar-refractivity contribution in [3.05, 3.63) is 53.6 Å². The van der Waals surface area contributed by atoms with Crippen molar-refractivity contribution in [2.75, 3.05) is 17.6 Å². The number of benzene rings is 1.